The van der Waals surface area contributed by atoms with Crippen molar-refractivity contribution in [2.75, 3.05) is 13.1 Å². The molecule has 1 aliphatic carbocycles. The lowest BCUT2D eigenvalue weighted by Crippen LogP contribution is -2.56. The number of Topliss-reactive ketones (excluding diaryl/α,β-unsaturated/α-hetero) is 1. The smallest absolute Gasteiger partial charge is 0.159 e. The molecule has 0 saturated carbocycles. The van der Waals surface area contributed by atoms with E-state index in [1.54, 1.807) is 30.3 Å². The number of hydrogen-bond acceptors (Lipinski definition) is 3. The van der Waals surface area contributed by atoms with Gasteiger partial charge in [-0.3, -0.25) is 4.79 Å². The number of hydrogen-bond donors (Lipinski definition) is 2. The fourth-order valence-electron chi connectivity index (χ4n) is 4.57. The highest BCUT2D eigenvalue weighted by Gasteiger charge is 2.49. The monoisotopic (exact) mass is 447 g/mol. The van der Waals surface area contributed by atoms with Crippen LogP contribution in [-0.2, 0) is 11.2 Å². The molecule has 0 amide bonds. The first-order valence-corrected chi connectivity index (χ1v) is 11.0. The molecule has 3 atom stereocenters. The Balaban J connectivity index is 1.91. The van der Waals surface area contributed by atoms with Crippen LogP contribution < -0.4 is 5.32 Å². The van der Waals surface area contributed by atoms with Crippen LogP contribution >= 0.6 is 23.2 Å². The minimum Gasteiger partial charge on any atom is -0.386 e. The van der Waals surface area contributed by atoms with Crippen LogP contribution in [0.4, 0.5) is 4.39 Å². The van der Waals surface area contributed by atoms with Crippen molar-refractivity contribution >= 4 is 35.1 Å². The fraction of sp³-hybridized carbons (Fsp3) is 0.375. The maximum Gasteiger partial charge on any atom is 0.159 e. The highest BCUT2D eigenvalue weighted by atomic mass is 35.5. The van der Waals surface area contributed by atoms with E-state index in [-0.39, 0.29) is 18.7 Å². The summed E-state index contributed by atoms with van der Waals surface area (Å²) in [6.07, 6.45) is 2.31. The number of fused-ring (bicyclic) bond motifs is 1. The summed E-state index contributed by atoms with van der Waals surface area (Å²) in [7, 11) is 0. The summed E-state index contributed by atoms with van der Waals surface area (Å²) in [5.41, 5.74) is 1.34. The SMILES string of the molecule is O=C1CCCc2ccc(Cl)cc2/C=C\1C(c1ccc(Cl)cc1)C1(O)CCNCC1F. The molecule has 30 heavy (non-hydrogen) atoms. The molecule has 0 spiro atoms. The normalized spacial score (nSPS) is 27.4. The number of ketones is 1. The number of nitrogens with one attached hydrogen (secondary N) is 1. The molecule has 2 aromatic carbocycles. The number of alkyl halides is 1. The largest absolute Gasteiger partial charge is 0.386 e. The molecular formula is C24H24Cl2FNO2. The Morgan fingerprint density at radius 1 is 1.10 bits per heavy atom. The summed E-state index contributed by atoms with van der Waals surface area (Å²) < 4.78 is 15.2. The van der Waals surface area contributed by atoms with Crippen LogP contribution in [0.3, 0.4) is 0 Å². The van der Waals surface area contributed by atoms with Gasteiger partial charge in [0, 0.05) is 34.5 Å². The van der Waals surface area contributed by atoms with Crippen molar-refractivity contribution in [3.63, 3.8) is 0 Å². The van der Waals surface area contributed by atoms with E-state index >= 15 is 4.39 Å². The maximum atomic E-state index is 15.2. The van der Waals surface area contributed by atoms with Crippen LogP contribution in [0.25, 0.3) is 6.08 Å². The first-order chi connectivity index (χ1) is 14.4. The van der Waals surface area contributed by atoms with E-state index in [4.69, 9.17) is 23.2 Å². The van der Waals surface area contributed by atoms with Crippen molar-refractivity contribution in [2.24, 2.45) is 0 Å². The molecule has 1 fully saturated rings. The third kappa shape index (κ3) is 4.19. The number of aliphatic hydroxyl groups is 1. The lowest BCUT2D eigenvalue weighted by Gasteiger charge is -2.43. The summed E-state index contributed by atoms with van der Waals surface area (Å²) in [4.78, 5) is 13.3. The van der Waals surface area contributed by atoms with Gasteiger partial charge >= 0.3 is 0 Å². The minimum absolute atomic E-state index is 0.0461. The Morgan fingerprint density at radius 3 is 2.57 bits per heavy atom. The van der Waals surface area contributed by atoms with Gasteiger partial charge in [-0.05, 0) is 72.8 Å². The molecule has 2 N–H and O–H groups in total. The number of carbonyl (C=O) groups excluding carboxylic acids is 1. The van der Waals surface area contributed by atoms with Gasteiger partial charge in [0.1, 0.15) is 11.8 Å². The van der Waals surface area contributed by atoms with Gasteiger partial charge in [0.2, 0.25) is 0 Å². The number of benzene rings is 2. The number of rotatable bonds is 3. The molecule has 2 aromatic rings. The quantitative estimate of drug-likeness (QED) is 0.685. The average molecular weight is 448 g/mol. The van der Waals surface area contributed by atoms with E-state index < -0.39 is 17.7 Å². The first kappa shape index (κ1) is 21.5. The van der Waals surface area contributed by atoms with Gasteiger partial charge in [-0.1, -0.05) is 41.4 Å². The van der Waals surface area contributed by atoms with Gasteiger partial charge in [-0.2, -0.15) is 0 Å². The number of carbonyl (C=O) groups is 1. The van der Waals surface area contributed by atoms with Gasteiger partial charge in [-0.15, -0.1) is 0 Å². The molecule has 3 unspecified atom stereocenters. The zero-order chi connectivity index (χ0) is 21.3. The molecule has 158 valence electrons. The molecular weight excluding hydrogens is 424 g/mol. The highest BCUT2D eigenvalue weighted by Crippen LogP contribution is 2.44. The first-order valence-electron chi connectivity index (χ1n) is 10.2. The van der Waals surface area contributed by atoms with E-state index in [0.717, 1.165) is 17.5 Å². The third-order valence-corrected chi connectivity index (χ3v) is 6.66. The Morgan fingerprint density at radius 2 is 1.83 bits per heavy atom. The van der Waals surface area contributed by atoms with Crippen molar-refractivity contribution in [1.82, 2.24) is 5.32 Å². The van der Waals surface area contributed by atoms with Gasteiger partial charge < -0.3 is 10.4 Å². The van der Waals surface area contributed by atoms with Gasteiger partial charge in [0.05, 0.1) is 0 Å². The second-order valence-corrected chi connectivity index (χ2v) is 8.99. The Bertz CT molecular complexity index is 976. The fourth-order valence-corrected chi connectivity index (χ4v) is 4.88. The molecule has 6 heteroatoms. The summed E-state index contributed by atoms with van der Waals surface area (Å²) in [6.45, 7) is 0.523. The molecule has 3 nitrogen and oxygen atoms in total. The molecule has 2 aliphatic rings. The predicted molar refractivity (Wildman–Crippen MR) is 119 cm³/mol. The van der Waals surface area contributed by atoms with Gasteiger partial charge in [-0.25, -0.2) is 4.39 Å². The lowest BCUT2D eigenvalue weighted by molar-refractivity contribution is -0.118. The van der Waals surface area contributed by atoms with E-state index in [0.29, 0.717) is 40.6 Å². The second kappa shape index (κ2) is 8.80. The van der Waals surface area contributed by atoms with Crippen molar-refractivity contribution in [2.45, 2.75) is 43.4 Å². The van der Waals surface area contributed by atoms with Crippen LogP contribution in [0.15, 0.2) is 48.0 Å². The van der Waals surface area contributed by atoms with Crippen LogP contribution in [0, 0.1) is 0 Å². The molecule has 4 rings (SSSR count). The molecule has 0 aromatic heterocycles. The van der Waals surface area contributed by atoms with Crippen LogP contribution in [0.2, 0.25) is 10.0 Å². The number of piperidine rings is 1. The second-order valence-electron chi connectivity index (χ2n) is 8.12. The Hall–Kier alpha value is -1.72. The van der Waals surface area contributed by atoms with Crippen molar-refractivity contribution in [1.29, 1.82) is 0 Å². The molecule has 1 heterocycles. The van der Waals surface area contributed by atoms with E-state index in [9.17, 15) is 9.90 Å². The minimum atomic E-state index is -1.70. The highest BCUT2D eigenvalue weighted by molar-refractivity contribution is 6.31. The van der Waals surface area contributed by atoms with Crippen molar-refractivity contribution in [3.8, 4) is 0 Å². The Kier molecular flexibility index (Phi) is 6.31. The number of aryl methyl sites for hydroxylation is 1. The van der Waals surface area contributed by atoms with Crippen molar-refractivity contribution in [3.05, 3.63) is 74.8 Å². The van der Waals surface area contributed by atoms with Gasteiger partial charge in [0.15, 0.2) is 5.78 Å². The summed E-state index contributed by atoms with van der Waals surface area (Å²) in [5, 5.41) is 15.7. The molecule has 0 radical (unpaired) electrons. The van der Waals surface area contributed by atoms with Crippen LogP contribution in [-0.4, -0.2) is 35.8 Å². The molecule has 1 saturated heterocycles. The predicted octanol–water partition coefficient (Wildman–Crippen LogP) is 5.13. The molecule has 0 bridgehead atoms. The van der Waals surface area contributed by atoms with E-state index in [1.165, 1.54) is 0 Å². The standard InChI is InChI=1S/C24H24Cl2FNO2/c25-18-7-5-16(6-8-18)23(24(30)10-11-28-14-22(24)27)20-13-17-12-19(26)9-4-15(17)2-1-3-21(20)29/h4-9,12-13,22-23,28,30H,1-3,10-11,14H2/b20-13+. The zero-order valence-corrected chi connectivity index (χ0v) is 18.0. The summed E-state index contributed by atoms with van der Waals surface area (Å²) in [5.74, 6) is -0.871. The lowest BCUT2D eigenvalue weighted by atomic mass is 9.69. The van der Waals surface area contributed by atoms with Crippen LogP contribution in [0.5, 0.6) is 0 Å². The third-order valence-electron chi connectivity index (χ3n) is 6.17. The van der Waals surface area contributed by atoms with Crippen LogP contribution in [0.1, 0.15) is 41.9 Å². The number of halogens is 3. The van der Waals surface area contributed by atoms with Crippen molar-refractivity contribution < 1.29 is 14.3 Å². The summed E-state index contributed by atoms with van der Waals surface area (Å²) in [6, 6.07) is 12.6. The van der Waals surface area contributed by atoms with E-state index in [2.05, 4.69) is 5.32 Å². The maximum absolute atomic E-state index is 15.2. The topological polar surface area (TPSA) is 49.3 Å². The zero-order valence-electron chi connectivity index (χ0n) is 16.5. The molecule has 1 aliphatic heterocycles. The average Bonchev–Trinajstić information content (AvgIpc) is 2.71. The van der Waals surface area contributed by atoms with E-state index in [1.807, 2.05) is 18.2 Å². The van der Waals surface area contributed by atoms with Gasteiger partial charge in [0.25, 0.3) is 0 Å². The summed E-state index contributed by atoms with van der Waals surface area (Å²) >= 11 is 12.3. The Labute approximate surface area is 185 Å².